The number of nitrogens with zero attached hydrogens (tertiary/aromatic N) is 1. The molecule has 7 heteroatoms. The number of rotatable bonds is 12. The highest BCUT2D eigenvalue weighted by atomic mass is 32.1. The van der Waals surface area contributed by atoms with Crippen LogP contribution in [0.1, 0.15) is 121 Å². The molecule has 1 aromatic heterocycles. The van der Waals surface area contributed by atoms with Crippen LogP contribution in [0.15, 0.2) is 41.6 Å². The van der Waals surface area contributed by atoms with Crippen LogP contribution >= 0.6 is 11.3 Å². The first-order chi connectivity index (χ1) is 21.1. The summed E-state index contributed by atoms with van der Waals surface area (Å²) in [5.41, 5.74) is 3.42. The molecule has 4 aliphatic rings. The highest BCUT2D eigenvalue weighted by Gasteiger charge is 2.56. The van der Waals surface area contributed by atoms with Gasteiger partial charge in [0.1, 0.15) is 11.1 Å². The quantitative estimate of drug-likeness (QED) is 0.218. The zero-order chi connectivity index (χ0) is 31.5. The van der Waals surface area contributed by atoms with Crippen LogP contribution < -0.4 is 5.32 Å². The first-order valence-electron chi connectivity index (χ1n) is 17.5. The van der Waals surface area contributed by atoms with Gasteiger partial charge in [-0.15, -0.1) is 11.3 Å². The van der Waals surface area contributed by atoms with Crippen molar-refractivity contribution in [2.45, 2.75) is 141 Å². The second-order valence-corrected chi connectivity index (χ2v) is 15.6. The van der Waals surface area contributed by atoms with Crippen LogP contribution in [0, 0.1) is 23.2 Å². The number of aryl methyl sites for hydroxylation is 1. The molecular weight excluding hydrogens is 568 g/mol. The summed E-state index contributed by atoms with van der Waals surface area (Å²) < 4.78 is 6.20. The molecule has 3 N–H and O–H groups in total. The Labute approximate surface area is 269 Å². The average molecular weight is 625 g/mol. The fourth-order valence-electron chi connectivity index (χ4n) is 8.87. The van der Waals surface area contributed by atoms with Gasteiger partial charge in [0.15, 0.2) is 0 Å². The number of amides is 1. The largest absolute Gasteiger partial charge is 0.445 e. The molecule has 1 amide bonds. The SMILES string of the molecule is C=C1C(=CC=C2CCC[C@]3(C)[C@@H]([C@H](C)CC[C@H](OC(=O)NCC)C4(c5ncc(CCCC)s5)CC4)CC[C@@H]23)C[C@@H](O)C[C@@H]1O. The van der Waals surface area contributed by atoms with E-state index in [9.17, 15) is 15.0 Å². The molecule has 0 aliphatic heterocycles. The van der Waals surface area contributed by atoms with Crippen molar-refractivity contribution in [3.8, 4) is 0 Å². The van der Waals surface area contributed by atoms with Crippen molar-refractivity contribution in [1.82, 2.24) is 10.3 Å². The number of hydrogen-bond donors (Lipinski definition) is 3. The van der Waals surface area contributed by atoms with E-state index in [1.165, 1.54) is 49.0 Å². The van der Waals surface area contributed by atoms with E-state index in [1.54, 1.807) is 0 Å². The van der Waals surface area contributed by atoms with Crippen molar-refractivity contribution in [1.29, 1.82) is 0 Å². The van der Waals surface area contributed by atoms with Crippen LogP contribution in [-0.2, 0) is 16.6 Å². The number of hydrogen-bond acceptors (Lipinski definition) is 6. The normalized spacial score (nSPS) is 32.8. The van der Waals surface area contributed by atoms with E-state index in [1.807, 2.05) is 18.3 Å². The van der Waals surface area contributed by atoms with Crippen molar-refractivity contribution in [2.75, 3.05) is 6.54 Å². The van der Waals surface area contributed by atoms with Crippen molar-refractivity contribution < 1.29 is 19.7 Å². The van der Waals surface area contributed by atoms with Gasteiger partial charge in [0.2, 0.25) is 0 Å². The van der Waals surface area contributed by atoms with E-state index < -0.39 is 12.2 Å². The molecule has 4 fully saturated rings. The summed E-state index contributed by atoms with van der Waals surface area (Å²) in [6, 6.07) is 0. The third kappa shape index (κ3) is 7.05. The lowest BCUT2D eigenvalue weighted by Gasteiger charge is -2.44. The number of alkyl carbamates (subject to hydrolysis) is 1. The van der Waals surface area contributed by atoms with Crippen LogP contribution in [0.25, 0.3) is 0 Å². The Balaban J connectivity index is 1.28. The fourth-order valence-corrected chi connectivity index (χ4v) is 10.1. The maximum Gasteiger partial charge on any atom is 0.407 e. The molecule has 1 aromatic rings. The Morgan fingerprint density at radius 2 is 2.02 bits per heavy atom. The van der Waals surface area contributed by atoms with Crippen molar-refractivity contribution in [2.24, 2.45) is 23.2 Å². The molecule has 7 atom stereocenters. The molecular formula is C37H56N2O4S. The molecule has 6 nitrogen and oxygen atoms in total. The zero-order valence-electron chi connectivity index (χ0n) is 27.6. The Morgan fingerprint density at radius 1 is 1.23 bits per heavy atom. The summed E-state index contributed by atoms with van der Waals surface area (Å²) in [4.78, 5) is 18.9. The first-order valence-corrected chi connectivity index (χ1v) is 18.3. The van der Waals surface area contributed by atoms with E-state index in [4.69, 9.17) is 9.72 Å². The maximum absolute atomic E-state index is 12.7. The molecule has 4 saturated carbocycles. The molecule has 0 saturated heterocycles. The monoisotopic (exact) mass is 624 g/mol. The van der Waals surface area contributed by atoms with Crippen LogP contribution in [0.5, 0.6) is 0 Å². The third-order valence-corrected chi connectivity index (χ3v) is 12.9. The molecule has 0 radical (unpaired) electrons. The van der Waals surface area contributed by atoms with Gasteiger partial charge in [-0.3, -0.25) is 0 Å². The molecule has 0 unspecified atom stereocenters. The standard InChI is InChI=1S/C37H56N2O4S/c1-6-8-11-29-23-39-34(44-29)37(19-20-37)33(43-35(42)38-7-2)17-12-24(3)30-15-16-31-26(10-9-18-36(30,31)5)13-14-27-21-28(40)22-32(41)25(27)4/h13-14,23-24,28,30-33,40-41H,4,6-12,15-22H2,1-3,5H3,(H,38,42)/t24-,28-,30-,31+,32+,33+,36-/m1/s1. The maximum atomic E-state index is 12.7. The van der Waals surface area contributed by atoms with Gasteiger partial charge in [-0.2, -0.15) is 0 Å². The van der Waals surface area contributed by atoms with Gasteiger partial charge in [-0.05, 0) is 118 Å². The lowest BCUT2D eigenvalue weighted by molar-refractivity contribution is 0.0526. The summed E-state index contributed by atoms with van der Waals surface area (Å²) in [6.45, 7) is 13.8. The van der Waals surface area contributed by atoms with Crippen LogP contribution in [0.4, 0.5) is 4.79 Å². The summed E-state index contributed by atoms with van der Waals surface area (Å²) in [5, 5.41) is 24.5. The third-order valence-electron chi connectivity index (χ3n) is 11.6. The summed E-state index contributed by atoms with van der Waals surface area (Å²) in [5.74, 6) is 1.75. The van der Waals surface area contributed by atoms with Crippen LogP contribution in [0.3, 0.4) is 0 Å². The predicted molar refractivity (Wildman–Crippen MR) is 179 cm³/mol. The van der Waals surface area contributed by atoms with Gasteiger partial charge >= 0.3 is 6.09 Å². The zero-order valence-corrected chi connectivity index (χ0v) is 28.4. The number of thiazole rings is 1. The second-order valence-electron chi connectivity index (χ2n) is 14.5. The number of aliphatic hydroxyl groups is 2. The predicted octanol–water partition coefficient (Wildman–Crippen LogP) is 8.19. The van der Waals surface area contributed by atoms with E-state index in [2.05, 4.69) is 51.0 Å². The number of ether oxygens (including phenoxy) is 1. The number of carbonyl (C=O) groups is 1. The number of carbonyl (C=O) groups excluding carboxylic acids is 1. The second kappa shape index (κ2) is 14.2. The molecule has 1 heterocycles. The molecule has 0 bridgehead atoms. The average Bonchev–Trinajstić information content (AvgIpc) is 3.51. The number of nitrogens with one attached hydrogen (secondary N) is 1. The minimum atomic E-state index is -0.647. The van der Waals surface area contributed by atoms with Crippen molar-refractivity contribution >= 4 is 17.4 Å². The van der Waals surface area contributed by atoms with Gasteiger partial charge in [0.25, 0.3) is 0 Å². The molecule has 244 valence electrons. The Morgan fingerprint density at radius 3 is 2.75 bits per heavy atom. The van der Waals surface area contributed by atoms with Gasteiger partial charge in [0, 0.05) is 24.0 Å². The number of aliphatic hydroxyl groups excluding tert-OH is 2. The number of unbranched alkanes of at least 4 members (excludes halogenated alkanes) is 1. The number of allylic oxidation sites excluding steroid dienone is 3. The Hall–Kier alpha value is -1.96. The highest BCUT2D eigenvalue weighted by molar-refractivity contribution is 7.11. The summed E-state index contributed by atoms with van der Waals surface area (Å²) >= 11 is 1.83. The summed E-state index contributed by atoms with van der Waals surface area (Å²) in [6.07, 6.45) is 19.3. The highest BCUT2D eigenvalue weighted by Crippen LogP contribution is 2.60. The minimum absolute atomic E-state index is 0.124. The van der Waals surface area contributed by atoms with Crippen molar-refractivity contribution in [3.05, 3.63) is 51.5 Å². The Kier molecular flexibility index (Phi) is 10.8. The topological polar surface area (TPSA) is 91.7 Å². The van der Waals surface area contributed by atoms with Crippen molar-refractivity contribution in [3.63, 3.8) is 0 Å². The van der Waals surface area contributed by atoms with E-state index in [0.29, 0.717) is 37.1 Å². The van der Waals surface area contributed by atoms with E-state index >= 15 is 0 Å². The van der Waals surface area contributed by atoms with E-state index in [0.717, 1.165) is 54.7 Å². The Bertz CT molecular complexity index is 1230. The first kappa shape index (κ1) is 33.4. The van der Waals surface area contributed by atoms with Crippen LogP contribution in [-0.4, -0.2) is 46.1 Å². The molecule has 5 rings (SSSR count). The number of aromatic nitrogens is 1. The molecule has 0 aromatic carbocycles. The molecule has 0 spiro atoms. The van der Waals surface area contributed by atoms with Crippen LogP contribution in [0.2, 0.25) is 0 Å². The van der Waals surface area contributed by atoms with E-state index in [-0.39, 0.29) is 23.0 Å². The van der Waals surface area contributed by atoms with Gasteiger partial charge in [-0.25, -0.2) is 9.78 Å². The molecule has 44 heavy (non-hydrogen) atoms. The lowest BCUT2D eigenvalue weighted by Crippen LogP contribution is -2.38. The lowest BCUT2D eigenvalue weighted by atomic mass is 9.60. The number of fused-ring (bicyclic) bond motifs is 1. The van der Waals surface area contributed by atoms with Gasteiger partial charge < -0.3 is 20.3 Å². The molecule has 4 aliphatic carbocycles. The summed E-state index contributed by atoms with van der Waals surface area (Å²) in [7, 11) is 0. The fraction of sp³-hybridized carbons (Fsp3) is 0.730. The van der Waals surface area contributed by atoms with Gasteiger partial charge in [0.05, 0.1) is 17.6 Å². The van der Waals surface area contributed by atoms with Gasteiger partial charge in [-0.1, -0.05) is 51.5 Å². The minimum Gasteiger partial charge on any atom is -0.445 e. The smallest absolute Gasteiger partial charge is 0.407 e.